The zero-order valence-electron chi connectivity index (χ0n) is 15.8. The zero-order valence-corrected chi connectivity index (χ0v) is 15.8. The van der Waals surface area contributed by atoms with Crippen LogP contribution in [0.15, 0.2) is 0 Å². The first kappa shape index (κ1) is 19.9. The molecule has 3 heteroatoms. The summed E-state index contributed by atoms with van der Waals surface area (Å²) in [5.74, 6) is -0.276. The molecule has 0 saturated carbocycles. The number of unbranched alkanes of at least 4 members (excludes halogenated alkanes) is 6. The predicted octanol–water partition coefficient (Wildman–Crippen LogP) is 4.75. The smallest absolute Gasteiger partial charge is 0.169 e. The van der Waals surface area contributed by atoms with Gasteiger partial charge in [0.25, 0.3) is 0 Å². The van der Waals surface area contributed by atoms with Crippen molar-refractivity contribution in [3.8, 4) is 0 Å². The van der Waals surface area contributed by atoms with Gasteiger partial charge >= 0.3 is 0 Å². The van der Waals surface area contributed by atoms with Gasteiger partial charge in [-0.25, -0.2) is 0 Å². The fourth-order valence-corrected chi connectivity index (χ4v) is 3.35. The molecule has 132 valence electrons. The third-order valence-electron chi connectivity index (χ3n) is 4.49. The van der Waals surface area contributed by atoms with Gasteiger partial charge in [-0.15, -0.1) is 0 Å². The number of rotatable bonds is 12. The fraction of sp³-hybridized carbons (Fsp3) is 1.00. The molecule has 1 aliphatic rings. The molecular formula is C19H40NO2+. The van der Waals surface area contributed by atoms with Crippen LogP contribution in [0.4, 0.5) is 0 Å². The Kier molecular flexibility index (Phi) is 8.96. The summed E-state index contributed by atoms with van der Waals surface area (Å²) in [6, 6.07) is 0. The Balaban J connectivity index is 2.48. The largest absolute Gasteiger partial charge is 0.347 e. The summed E-state index contributed by atoms with van der Waals surface area (Å²) >= 11 is 0. The maximum atomic E-state index is 6.45. The minimum Gasteiger partial charge on any atom is -0.347 e. The van der Waals surface area contributed by atoms with Gasteiger partial charge in [-0.3, -0.25) is 0 Å². The normalized spacial score (nSPS) is 21.4. The SMILES string of the molecule is CCCCCCC1(CCCCCC)OCC(C[N+](C)(C)C)O1. The monoisotopic (exact) mass is 314 g/mol. The van der Waals surface area contributed by atoms with Crippen LogP contribution in [0.1, 0.15) is 78.1 Å². The molecule has 0 amide bonds. The Morgan fingerprint density at radius 3 is 1.86 bits per heavy atom. The van der Waals surface area contributed by atoms with Crippen LogP contribution in [-0.4, -0.2) is 50.7 Å². The van der Waals surface area contributed by atoms with E-state index in [1.807, 2.05) is 0 Å². The summed E-state index contributed by atoms with van der Waals surface area (Å²) < 4.78 is 13.6. The van der Waals surface area contributed by atoms with E-state index in [4.69, 9.17) is 9.47 Å². The van der Waals surface area contributed by atoms with Crippen molar-refractivity contribution in [1.29, 1.82) is 0 Å². The molecule has 3 nitrogen and oxygen atoms in total. The minimum atomic E-state index is -0.276. The molecule has 1 aliphatic heterocycles. The number of quaternary nitrogens is 1. The van der Waals surface area contributed by atoms with Crippen LogP contribution in [0, 0.1) is 0 Å². The van der Waals surface area contributed by atoms with E-state index in [-0.39, 0.29) is 11.9 Å². The number of hydrogen-bond donors (Lipinski definition) is 0. The van der Waals surface area contributed by atoms with Crippen molar-refractivity contribution in [3.63, 3.8) is 0 Å². The predicted molar refractivity (Wildman–Crippen MR) is 94.0 cm³/mol. The molecule has 0 bridgehead atoms. The second kappa shape index (κ2) is 9.89. The third-order valence-corrected chi connectivity index (χ3v) is 4.49. The topological polar surface area (TPSA) is 18.5 Å². The van der Waals surface area contributed by atoms with Crippen LogP contribution in [0.3, 0.4) is 0 Å². The Hall–Kier alpha value is -0.120. The molecule has 1 saturated heterocycles. The molecule has 0 aliphatic carbocycles. The van der Waals surface area contributed by atoms with E-state index in [1.54, 1.807) is 0 Å². The molecule has 1 rings (SSSR count). The summed E-state index contributed by atoms with van der Waals surface area (Å²) in [4.78, 5) is 0. The quantitative estimate of drug-likeness (QED) is 0.382. The third kappa shape index (κ3) is 7.94. The summed E-state index contributed by atoms with van der Waals surface area (Å²) in [6.45, 7) is 6.34. The highest BCUT2D eigenvalue weighted by atomic mass is 16.7. The first-order valence-electron chi connectivity index (χ1n) is 9.53. The summed E-state index contributed by atoms with van der Waals surface area (Å²) in [5, 5.41) is 0. The van der Waals surface area contributed by atoms with E-state index in [0.717, 1.165) is 30.5 Å². The molecule has 1 atom stereocenters. The van der Waals surface area contributed by atoms with E-state index in [0.29, 0.717) is 0 Å². The van der Waals surface area contributed by atoms with Crippen molar-refractivity contribution in [2.45, 2.75) is 89.9 Å². The van der Waals surface area contributed by atoms with Crippen LogP contribution in [0.5, 0.6) is 0 Å². The van der Waals surface area contributed by atoms with Crippen LogP contribution < -0.4 is 0 Å². The van der Waals surface area contributed by atoms with E-state index >= 15 is 0 Å². The van der Waals surface area contributed by atoms with Crippen molar-refractivity contribution >= 4 is 0 Å². The Bertz CT molecular complexity index is 274. The molecule has 22 heavy (non-hydrogen) atoms. The van der Waals surface area contributed by atoms with Crippen molar-refractivity contribution in [2.75, 3.05) is 34.3 Å². The van der Waals surface area contributed by atoms with Gasteiger partial charge in [-0.1, -0.05) is 52.4 Å². The molecule has 1 unspecified atom stereocenters. The highest BCUT2D eigenvalue weighted by molar-refractivity contribution is 4.79. The number of likely N-dealkylation sites (N-methyl/N-ethyl adjacent to an activating group) is 1. The van der Waals surface area contributed by atoms with Crippen LogP contribution >= 0.6 is 0 Å². The second-order valence-electron chi connectivity index (χ2n) is 8.06. The van der Waals surface area contributed by atoms with Crippen molar-refractivity contribution in [3.05, 3.63) is 0 Å². The molecule has 0 aromatic heterocycles. The van der Waals surface area contributed by atoms with Crippen molar-refractivity contribution in [2.24, 2.45) is 0 Å². The lowest BCUT2D eigenvalue weighted by Gasteiger charge is -2.30. The molecule has 0 spiro atoms. The van der Waals surface area contributed by atoms with Crippen LogP contribution in [-0.2, 0) is 9.47 Å². The number of nitrogens with zero attached hydrogens (tertiary/aromatic N) is 1. The van der Waals surface area contributed by atoms with Gasteiger partial charge in [0.1, 0.15) is 12.6 Å². The Morgan fingerprint density at radius 2 is 1.41 bits per heavy atom. The standard InChI is InChI=1S/C19H40NO2/c1-6-8-10-12-14-19(15-13-11-9-7-2)21-17-18(22-19)16-20(3,4)5/h18H,6-17H2,1-5H3/q+1. The Morgan fingerprint density at radius 1 is 0.864 bits per heavy atom. The van der Waals surface area contributed by atoms with E-state index in [1.165, 1.54) is 51.4 Å². The van der Waals surface area contributed by atoms with Gasteiger partial charge in [-0.05, 0) is 12.8 Å². The van der Waals surface area contributed by atoms with E-state index < -0.39 is 0 Å². The molecule has 0 radical (unpaired) electrons. The highest BCUT2D eigenvalue weighted by Crippen LogP contribution is 2.35. The van der Waals surface area contributed by atoms with Crippen molar-refractivity contribution < 1.29 is 14.0 Å². The lowest BCUT2D eigenvalue weighted by Crippen LogP contribution is -2.43. The lowest BCUT2D eigenvalue weighted by atomic mass is 10.00. The average molecular weight is 315 g/mol. The number of ether oxygens (including phenoxy) is 2. The van der Waals surface area contributed by atoms with Gasteiger partial charge in [0.15, 0.2) is 5.79 Å². The second-order valence-corrected chi connectivity index (χ2v) is 8.06. The van der Waals surface area contributed by atoms with Crippen molar-refractivity contribution in [1.82, 2.24) is 0 Å². The maximum absolute atomic E-state index is 6.45. The van der Waals surface area contributed by atoms with Gasteiger partial charge < -0.3 is 14.0 Å². The van der Waals surface area contributed by atoms with Crippen LogP contribution in [0.25, 0.3) is 0 Å². The zero-order chi connectivity index (χ0) is 16.5. The summed E-state index contributed by atoms with van der Waals surface area (Å²) in [5.41, 5.74) is 0. The minimum absolute atomic E-state index is 0.261. The number of hydrogen-bond acceptors (Lipinski definition) is 2. The van der Waals surface area contributed by atoms with Gasteiger partial charge in [0, 0.05) is 12.8 Å². The first-order chi connectivity index (χ1) is 10.4. The molecule has 0 N–H and O–H groups in total. The van der Waals surface area contributed by atoms with Gasteiger partial charge in [0.2, 0.25) is 0 Å². The lowest BCUT2D eigenvalue weighted by molar-refractivity contribution is -0.873. The fourth-order valence-electron chi connectivity index (χ4n) is 3.35. The molecule has 1 heterocycles. The highest BCUT2D eigenvalue weighted by Gasteiger charge is 2.42. The molecule has 1 fully saturated rings. The summed E-state index contributed by atoms with van der Waals surface area (Å²) in [7, 11) is 6.68. The molecule has 0 aromatic carbocycles. The van der Waals surface area contributed by atoms with E-state index in [2.05, 4.69) is 35.0 Å². The van der Waals surface area contributed by atoms with Gasteiger partial charge in [-0.2, -0.15) is 0 Å². The van der Waals surface area contributed by atoms with Crippen LogP contribution in [0.2, 0.25) is 0 Å². The van der Waals surface area contributed by atoms with Gasteiger partial charge in [0.05, 0.1) is 27.7 Å². The maximum Gasteiger partial charge on any atom is 0.169 e. The average Bonchev–Trinajstić information content (AvgIpc) is 2.81. The Labute approximate surface area is 138 Å². The molecular weight excluding hydrogens is 274 g/mol. The van der Waals surface area contributed by atoms with E-state index in [9.17, 15) is 0 Å². The molecule has 0 aromatic rings. The summed E-state index contributed by atoms with van der Waals surface area (Å²) in [6.07, 6.45) is 12.7. The first-order valence-corrected chi connectivity index (χ1v) is 9.53.